The van der Waals surface area contributed by atoms with E-state index in [-0.39, 0.29) is 0 Å². The summed E-state index contributed by atoms with van der Waals surface area (Å²) in [5.74, 6) is 0.800. The lowest BCUT2D eigenvalue weighted by Crippen LogP contribution is -1.72. The predicted octanol–water partition coefficient (Wildman–Crippen LogP) is 1.39. The Morgan fingerprint density at radius 1 is 1.62 bits per heavy atom. The van der Waals surface area contributed by atoms with Crippen LogP contribution in [0.15, 0.2) is 6.20 Å². The zero-order chi connectivity index (χ0) is 5.40. The molecule has 42 valence electrons. The third-order valence-corrected chi connectivity index (χ3v) is 2.03. The Morgan fingerprint density at radius 2 is 2.50 bits per heavy atom. The van der Waals surface area contributed by atoms with Gasteiger partial charge >= 0.3 is 0 Å². The maximum Gasteiger partial charge on any atom is 0.0677 e. The van der Waals surface area contributed by atoms with Crippen LogP contribution in [0, 0.1) is 0 Å². The Morgan fingerprint density at radius 3 is 3.00 bits per heavy atom. The van der Waals surface area contributed by atoms with Crippen molar-refractivity contribution >= 4 is 8.51 Å². The first kappa shape index (κ1) is 4.51. The molecule has 0 N–H and O–H groups in total. The fourth-order valence-electron chi connectivity index (χ4n) is 0.786. The molecule has 0 aromatic carbocycles. The highest BCUT2D eigenvalue weighted by molar-refractivity contribution is 7.20. The van der Waals surface area contributed by atoms with Gasteiger partial charge in [-0.3, -0.25) is 0 Å². The lowest BCUT2D eigenvalue weighted by molar-refractivity contribution is 1.07. The molecule has 0 amide bonds. The average molecular weight is 126 g/mol. The van der Waals surface area contributed by atoms with Gasteiger partial charge in [0.2, 0.25) is 0 Å². The van der Waals surface area contributed by atoms with E-state index in [1.54, 1.807) is 0 Å². The van der Waals surface area contributed by atoms with Crippen LogP contribution >= 0.6 is 8.51 Å². The van der Waals surface area contributed by atoms with Crippen LogP contribution in [0.4, 0.5) is 0 Å². The molecular formula is C5H7N2P. The van der Waals surface area contributed by atoms with E-state index in [4.69, 9.17) is 0 Å². The van der Waals surface area contributed by atoms with E-state index >= 15 is 0 Å². The highest BCUT2D eigenvalue weighted by atomic mass is 31.1. The molecule has 1 aliphatic carbocycles. The zero-order valence-electron chi connectivity index (χ0n) is 4.46. The first-order valence-electron chi connectivity index (χ1n) is 2.82. The minimum Gasteiger partial charge on any atom is -0.228 e. The molecule has 1 aromatic heterocycles. The first-order chi connectivity index (χ1) is 3.97. The third-order valence-electron chi connectivity index (χ3n) is 1.43. The quantitative estimate of drug-likeness (QED) is 0.568. The molecule has 1 saturated carbocycles. The maximum atomic E-state index is 4.22. The van der Waals surface area contributed by atoms with Crippen molar-refractivity contribution in [1.82, 2.24) is 9.49 Å². The third kappa shape index (κ3) is 0.653. The molecule has 1 aromatic rings. The molecule has 0 radical (unpaired) electrons. The van der Waals surface area contributed by atoms with E-state index in [0.29, 0.717) is 8.51 Å². The summed E-state index contributed by atoms with van der Waals surface area (Å²) in [5.41, 5.74) is 1.25. The van der Waals surface area contributed by atoms with E-state index in [1.807, 2.05) is 6.20 Å². The second kappa shape index (κ2) is 1.56. The molecule has 0 aliphatic heterocycles. The Bertz CT molecular complexity index is 167. The van der Waals surface area contributed by atoms with Gasteiger partial charge in [-0.15, -0.1) is 0 Å². The van der Waals surface area contributed by atoms with Crippen molar-refractivity contribution in [2.75, 3.05) is 0 Å². The monoisotopic (exact) mass is 126 g/mol. The summed E-state index contributed by atoms with van der Waals surface area (Å²) in [6.07, 6.45) is 4.61. The molecule has 8 heavy (non-hydrogen) atoms. The summed E-state index contributed by atoms with van der Waals surface area (Å²) >= 11 is 0. The number of hydrogen-bond acceptors (Lipinski definition) is 2. The summed E-state index contributed by atoms with van der Waals surface area (Å²) in [6, 6.07) is 0. The molecule has 2 rings (SSSR count). The highest BCUT2D eigenvalue weighted by Gasteiger charge is 2.24. The predicted molar refractivity (Wildman–Crippen MR) is 33.5 cm³/mol. The molecule has 0 spiro atoms. The van der Waals surface area contributed by atoms with Crippen LogP contribution in [0.25, 0.3) is 0 Å². The number of hydrogen-bond donors (Lipinski definition) is 0. The second-order valence-electron chi connectivity index (χ2n) is 2.17. The van der Waals surface area contributed by atoms with Crippen LogP contribution in [0.1, 0.15) is 24.5 Å². The van der Waals surface area contributed by atoms with E-state index in [1.165, 1.54) is 18.5 Å². The van der Waals surface area contributed by atoms with Gasteiger partial charge in [0.15, 0.2) is 0 Å². The number of rotatable bonds is 1. The minimum atomic E-state index is 0.479. The molecule has 1 atom stereocenters. The van der Waals surface area contributed by atoms with Crippen LogP contribution in [0.5, 0.6) is 0 Å². The van der Waals surface area contributed by atoms with E-state index in [9.17, 15) is 0 Å². The van der Waals surface area contributed by atoms with Crippen molar-refractivity contribution in [2.24, 2.45) is 0 Å². The standard InChI is InChI=1S/C5H7N2P/c1-2-4(1)5-3-6-8-7-5/h3-4,8H,1-2H2. The molecular weight excluding hydrogens is 119 g/mol. The zero-order valence-corrected chi connectivity index (χ0v) is 5.46. The summed E-state index contributed by atoms with van der Waals surface area (Å²) in [7, 11) is 0.479. The molecule has 1 aliphatic rings. The van der Waals surface area contributed by atoms with Gasteiger partial charge in [-0.1, -0.05) is 0 Å². The van der Waals surface area contributed by atoms with E-state index in [0.717, 1.165) is 5.92 Å². The first-order valence-corrected chi connectivity index (χ1v) is 3.72. The van der Waals surface area contributed by atoms with Crippen molar-refractivity contribution in [2.45, 2.75) is 18.8 Å². The smallest absolute Gasteiger partial charge is 0.0677 e. The number of nitrogens with zero attached hydrogens (tertiary/aromatic N) is 2. The van der Waals surface area contributed by atoms with Crippen LogP contribution in [0.2, 0.25) is 0 Å². The molecule has 1 heterocycles. The largest absolute Gasteiger partial charge is 0.228 e. The summed E-state index contributed by atoms with van der Waals surface area (Å²) in [4.78, 5) is 0. The maximum absolute atomic E-state index is 4.22. The highest BCUT2D eigenvalue weighted by Crippen LogP contribution is 2.39. The van der Waals surface area contributed by atoms with Gasteiger partial charge in [-0.2, -0.15) is 0 Å². The SMILES string of the molecule is c1n[pH]nc1C1CC1. The molecule has 0 saturated heterocycles. The van der Waals surface area contributed by atoms with Crippen LogP contribution in [-0.4, -0.2) is 9.49 Å². The average Bonchev–Trinajstić information content (AvgIpc) is 2.49. The van der Waals surface area contributed by atoms with Gasteiger partial charge in [-0.25, -0.2) is 9.49 Å². The minimum absolute atomic E-state index is 0.479. The van der Waals surface area contributed by atoms with E-state index < -0.39 is 0 Å². The van der Waals surface area contributed by atoms with Crippen LogP contribution in [-0.2, 0) is 0 Å². The Labute approximate surface area is 49.6 Å². The van der Waals surface area contributed by atoms with Crippen molar-refractivity contribution in [1.29, 1.82) is 0 Å². The second-order valence-corrected chi connectivity index (χ2v) is 2.85. The number of aromatic nitrogens is 2. The molecule has 2 nitrogen and oxygen atoms in total. The fourth-order valence-corrected chi connectivity index (χ4v) is 1.39. The van der Waals surface area contributed by atoms with Crippen molar-refractivity contribution in [3.63, 3.8) is 0 Å². The van der Waals surface area contributed by atoms with Gasteiger partial charge in [0.05, 0.1) is 20.4 Å². The van der Waals surface area contributed by atoms with Crippen molar-refractivity contribution < 1.29 is 0 Å². The lowest BCUT2D eigenvalue weighted by atomic mass is 10.3. The van der Waals surface area contributed by atoms with Crippen molar-refractivity contribution in [3.8, 4) is 0 Å². The lowest BCUT2D eigenvalue weighted by Gasteiger charge is -1.79. The summed E-state index contributed by atoms with van der Waals surface area (Å²) in [6.45, 7) is 0. The van der Waals surface area contributed by atoms with E-state index in [2.05, 4.69) is 9.49 Å². The topological polar surface area (TPSA) is 25.8 Å². The van der Waals surface area contributed by atoms with Crippen molar-refractivity contribution in [3.05, 3.63) is 11.9 Å². The molecule has 0 bridgehead atoms. The molecule has 1 unspecified atom stereocenters. The Balaban J connectivity index is 2.28. The van der Waals surface area contributed by atoms with Gasteiger partial charge in [0.1, 0.15) is 0 Å². The van der Waals surface area contributed by atoms with Gasteiger partial charge in [0.25, 0.3) is 0 Å². The fraction of sp³-hybridized carbons (Fsp3) is 0.600. The Hall–Kier alpha value is -0.360. The summed E-state index contributed by atoms with van der Waals surface area (Å²) < 4.78 is 8.25. The normalized spacial score (nSPS) is 20.0. The van der Waals surface area contributed by atoms with Crippen LogP contribution < -0.4 is 0 Å². The van der Waals surface area contributed by atoms with Crippen LogP contribution in [0.3, 0.4) is 0 Å². The Kier molecular flexibility index (Phi) is 0.879. The molecule has 3 heteroatoms. The van der Waals surface area contributed by atoms with Gasteiger partial charge in [0, 0.05) is 5.92 Å². The molecule has 1 fully saturated rings. The van der Waals surface area contributed by atoms with Gasteiger partial charge < -0.3 is 0 Å². The summed E-state index contributed by atoms with van der Waals surface area (Å²) in [5, 5.41) is 0. The van der Waals surface area contributed by atoms with Gasteiger partial charge in [-0.05, 0) is 12.8 Å².